The van der Waals surface area contributed by atoms with Gasteiger partial charge in [-0.05, 0) is 26.3 Å². The molecule has 12 heavy (non-hydrogen) atoms. The van der Waals surface area contributed by atoms with Crippen molar-refractivity contribution in [3.05, 3.63) is 34.9 Å². The van der Waals surface area contributed by atoms with E-state index < -0.39 is 0 Å². The Morgan fingerprint density at radius 1 is 1.33 bits per heavy atom. The molecule has 0 unspecified atom stereocenters. The predicted molar refractivity (Wildman–Crippen MR) is 49.9 cm³/mol. The van der Waals surface area contributed by atoms with E-state index in [0.29, 0.717) is 5.71 Å². The largest absolute Gasteiger partial charge is 0.411 e. The zero-order valence-corrected chi connectivity index (χ0v) is 7.63. The Morgan fingerprint density at radius 2 is 2.00 bits per heavy atom. The second-order valence-electron chi connectivity index (χ2n) is 3.00. The molecule has 1 N–H and O–H groups in total. The highest BCUT2D eigenvalue weighted by molar-refractivity contribution is 5.99. The third-order valence-electron chi connectivity index (χ3n) is 1.92. The third kappa shape index (κ3) is 1.64. The first-order valence-corrected chi connectivity index (χ1v) is 3.91. The van der Waals surface area contributed by atoms with Crippen molar-refractivity contribution in [1.29, 1.82) is 0 Å². The number of oxime groups is 1. The highest BCUT2D eigenvalue weighted by Gasteiger charge is 2.01. The predicted octanol–water partition coefficient (Wildman–Crippen LogP) is 2.50. The molecule has 0 atom stereocenters. The first kappa shape index (κ1) is 8.78. The molecule has 1 aromatic rings. The van der Waals surface area contributed by atoms with Crippen molar-refractivity contribution in [2.75, 3.05) is 0 Å². The van der Waals surface area contributed by atoms with Crippen LogP contribution in [0.15, 0.2) is 23.4 Å². The van der Waals surface area contributed by atoms with E-state index in [1.165, 1.54) is 5.56 Å². The topological polar surface area (TPSA) is 32.6 Å². The van der Waals surface area contributed by atoms with Crippen LogP contribution in [0.3, 0.4) is 0 Å². The Labute approximate surface area is 72.5 Å². The van der Waals surface area contributed by atoms with E-state index in [2.05, 4.69) is 11.2 Å². The molecule has 0 aliphatic rings. The number of benzene rings is 1. The maximum absolute atomic E-state index is 8.57. The molecule has 0 saturated carbocycles. The molecule has 2 nitrogen and oxygen atoms in total. The number of nitrogens with zero attached hydrogens (tertiary/aromatic N) is 1. The summed E-state index contributed by atoms with van der Waals surface area (Å²) in [6.45, 7) is 5.84. The highest BCUT2D eigenvalue weighted by Crippen LogP contribution is 2.11. The van der Waals surface area contributed by atoms with Crippen LogP contribution in [0.1, 0.15) is 23.6 Å². The van der Waals surface area contributed by atoms with Gasteiger partial charge in [0.2, 0.25) is 0 Å². The Bertz CT molecular complexity index is 316. The molecule has 0 saturated heterocycles. The van der Waals surface area contributed by atoms with Crippen LogP contribution in [0.2, 0.25) is 0 Å². The zero-order chi connectivity index (χ0) is 9.14. The van der Waals surface area contributed by atoms with Crippen molar-refractivity contribution >= 4 is 5.71 Å². The van der Waals surface area contributed by atoms with Crippen LogP contribution in [0.25, 0.3) is 0 Å². The van der Waals surface area contributed by atoms with Crippen molar-refractivity contribution in [3.63, 3.8) is 0 Å². The van der Waals surface area contributed by atoms with E-state index in [1.807, 2.05) is 26.0 Å². The molecular weight excluding hydrogens is 150 g/mol. The Kier molecular flexibility index (Phi) is 2.48. The van der Waals surface area contributed by atoms with Crippen LogP contribution in [-0.2, 0) is 0 Å². The average Bonchev–Trinajstić information content (AvgIpc) is 2.03. The molecule has 1 aromatic carbocycles. The summed E-state index contributed by atoms with van der Waals surface area (Å²) in [5.74, 6) is 0. The van der Waals surface area contributed by atoms with Crippen molar-refractivity contribution in [2.24, 2.45) is 5.16 Å². The van der Waals surface area contributed by atoms with Gasteiger partial charge in [-0.25, -0.2) is 0 Å². The van der Waals surface area contributed by atoms with Gasteiger partial charge in [-0.15, -0.1) is 0 Å². The molecule has 0 amide bonds. The monoisotopic (exact) mass is 163 g/mol. The van der Waals surface area contributed by atoms with E-state index in [-0.39, 0.29) is 0 Å². The van der Waals surface area contributed by atoms with Crippen molar-refractivity contribution in [3.8, 4) is 0 Å². The maximum atomic E-state index is 8.57. The molecule has 0 radical (unpaired) electrons. The van der Waals surface area contributed by atoms with Gasteiger partial charge in [-0.3, -0.25) is 0 Å². The lowest BCUT2D eigenvalue weighted by atomic mass is 10.0. The summed E-state index contributed by atoms with van der Waals surface area (Å²) >= 11 is 0. The van der Waals surface area contributed by atoms with Gasteiger partial charge in [0, 0.05) is 5.56 Å². The molecular formula is C10H13NO. The smallest absolute Gasteiger partial charge is 0.0839 e. The molecule has 0 aliphatic carbocycles. The lowest BCUT2D eigenvalue weighted by Crippen LogP contribution is -1.97. The average molecular weight is 163 g/mol. The minimum atomic E-state index is 0.660. The quantitative estimate of drug-likeness (QED) is 0.385. The fourth-order valence-electron chi connectivity index (χ4n) is 1.27. The number of rotatable bonds is 1. The van der Waals surface area contributed by atoms with E-state index in [9.17, 15) is 0 Å². The third-order valence-corrected chi connectivity index (χ3v) is 1.92. The Balaban J connectivity index is 3.18. The van der Waals surface area contributed by atoms with Crippen molar-refractivity contribution in [1.82, 2.24) is 0 Å². The van der Waals surface area contributed by atoms with Gasteiger partial charge in [-0.2, -0.15) is 0 Å². The van der Waals surface area contributed by atoms with Gasteiger partial charge in [-0.1, -0.05) is 28.9 Å². The Morgan fingerprint density at radius 3 is 2.50 bits per heavy atom. The van der Waals surface area contributed by atoms with Gasteiger partial charge in [0.25, 0.3) is 0 Å². The normalized spacial score (nSPS) is 11.8. The van der Waals surface area contributed by atoms with Crippen LogP contribution in [0.4, 0.5) is 0 Å². The summed E-state index contributed by atoms with van der Waals surface area (Å²) in [4.78, 5) is 0. The summed E-state index contributed by atoms with van der Waals surface area (Å²) in [5.41, 5.74) is 4.03. The minimum absolute atomic E-state index is 0.660. The van der Waals surface area contributed by atoms with E-state index >= 15 is 0 Å². The molecule has 64 valence electrons. The van der Waals surface area contributed by atoms with E-state index in [0.717, 1.165) is 11.1 Å². The second kappa shape index (κ2) is 3.39. The van der Waals surface area contributed by atoms with Crippen molar-refractivity contribution in [2.45, 2.75) is 20.8 Å². The van der Waals surface area contributed by atoms with Crippen molar-refractivity contribution < 1.29 is 5.21 Å². The van der Waals surface area contributed by atoms with Gasteiger partial charge in [0.05, 0.1) is 5.71 Å². The number of hydrogen-bond acceptors (Lipinski definition) is 2. The second-order valence-corrected chi connectivity index (χ2v) is 3.00. The summed E-state index contributed by atoms with van der Waals surface area (Å²) in [6, 6.07) is 6.06. The standard InChI is InChI=1S/C10H13NO/c1-7-4-5-10(8(2)6-7)9(3)11-12/h4-6,12H,1-3H3. The molecule has 0 aromatic heterocycles. The lowest BCUT2D eigenvalue weighted by Gasteiger charge is -2.03. The molecule has 0 heterocycles. The van der Waals surface area contributed by atoms with Crippen LogP contribution in [0.5, 0.6) is 0 Å². The van der Waals surface area contributed by atoms with E-state index in [4.69, 9.17) is 5.21 Å². The molecule has 0 aliphatic heterocycles. The summed E-state index contributed by atoms with van der Waals surface area (Å²) in [6.07, 6.45) is 0. The first-order valence-electron chi connectivity index (χ1n) is 3.91. The SMILES string of the molecule is CC(=NO)c1ccc(C)cc1C. The molecule has 0 bridgehead atoms. The fourth-order valence-corrected chi connectivity index (χ4v) is 1.27. The number of hydrogen-bond donors (Lipinski definition) is 1. The van der Waals surface area contributed by atoms with Gasteiger partial charge < -0.3 is 5.21 Å². The van der Waals surface area contributed by atoms with Crippen LogP contribution in [-0.4, -0.2) is 10.9 Å². The minimum Gasteiger partial charge on any atom is -0.411 e. The summed E-state index contributed by atoms with van der Waals surface area (Å²) < 4.78 is 0. The van der Waals surface area contributed by atoms with Gasteiger partial charge in [0.15, 0.2) is 0 Å². The fraction of sp³-hybridized carbons (Fsp3) is 0.300. The number of aryl methyl sites for hydroxylation is 2. The summed E-state index contributed by atoms with van der Waals surface area (Å²) in [5, 5.41) is 11.7. The molecule has 1 rings (SSSR count). The summed E-state index contributed by atoms with van der Waals surface area (Å²) in [7, 11) is 0. The lowest BCUT2D eigenvalue weighted by molar-refractivity contribution is 0.319. The van der Waals surface area contributed by atoms with Gasteiger partial charge >= 0.3 is 0 Å². The zero-order valence-electron chi connectivity index (χ0n) is 7.63. The maximum Gasteiger partial charge on any atom is 0.0839 e. The van der Waals surface area contributed by atoms with Gasteiger partial charge in [0.1, 0.15) is 0 Å². The molecule has 2 heteroatoms. The van der Waals surface area contributed by atoms with E-state index in [1.54, 1.807) is 6.92 Å². The van der Waals surface area contributed by atoms with Crippen LogP contribution >= 0.6 is 0 Å². The molecule has 0 spiro atoms. The molecule has 0 fully saturated rings. The van der Waals surface area contributed by atoms with Crippen LogP contribution in [0, 0.1) is 13.8 Å². The Hall–Kier alpha value is -1.31. The first-order chi connectivity index (χ1) is 5.65. The highest BCUT2D eigenvalue weighted by atomic mass is 16.4. The van der Waals surface area contributed by atoms with Crippen LogP contribution < -0.4 is 0 Å².